The van der Waals surface area contributed by atoms with Crippen molar-refractivity contribution < 1.29 is 9.53 Å². The third kappa shape index (κ3) is 5.33. The zero-order valence-electron chi connectivity index (χ0n) is 19.3. The second-order valence-corrected chi connectivity index (χ2v) is 8.09. The van der Waals surface area contributed by atoms with E-state index >= 15 is 0 Å². The van der Waals surface area contributed by atoms with Gasteiger partial charge >= 0.3 is 0 Å². The molecule has 1 amide bonds. The lowest BCUT2D eigenvalue weighted by Crippen LogP contribution is -2.24. The molecule has 0 unspecified atom stereocenters. The first-order chi connectivity index (χ1) is 14.8. The molecule has 0 aliphatic heterocycles. The molecular weight excluding hydrogens is 388 g/mol. The molecule has 1 heterocycles. The number of aromatic nitrogens is 2. The second kappa shape index (κ2) is 9.79. The zero-order valence-corrected chi connectivity index (χ0v) is 19.3. The number of amides is 1. The normalized spacial score (nSPS) is 11.1. The Morgan fingerprint density at radius 2 is 1.74 bits per heavy atom. The van der Waals surface area contributed by atoms with Gasteiger partial charge in [-0.05, 0) is 63.6 Å². The highest BCUT2D eigenvalue weighted by Gasteiger charge is 2.16. The Balaban J connectivity index is 1.59. The quantitative estimate of drug-likeness (QED) is 0.580. The van der Waals surface area contributed by atoms with Crippen LogP contribution in [-0.2, 0) is 11.3 Å². The maximum absolute atomic E-state index is 12.6. The van der Waals surface area contributed by atoms with Crippen LogP contribution in [0.5, 0.6) is 5.75 Å². The van der Waals surface area contributed by atoms with Crippen LogP contribution in [0, 0.1) is 27.7 Å². The molecule has 0 saturated carbocycles. The summed E-state index contributed by atoms with van der Waals surface area (Å²) >= 11 is 0. The fraction of sp³-hybridized carbons (Fsp3) is 0.360. The van der Waals surface area contributed by atoms with E-state index in [1.54, 1.807) is 7.11 Å². The molecule has 0 fully saturated rings. The first-order valence-corrected chi connectivity index (χ1v) is 10.5. The SMILES string of the molecule is COc1c(C)cc(CN(C)CCC(=O)Nc2c(C)nn(-c3ccccc3)c2C)cc1C. The van der Waals surface area contributed by atoms with Crippen molar-refractivity contribution in [3.63, 3.8) is 0 Å². The Kier molecular flexibility index (Phi) is 7.13. The molecule has 164 valence electrons. The molecule has 0 aliphatic carbocycles. The number of benzene rings is 2. The van der Waals surface area contributed by atoms with Gasteiger partial charge in [0.05, 0.1) is 29.9 Å². The maximum Gasteiger partial charge on any atom is 0.225 e. The van der Waals surface area contributed by atoms with Crippen molar-refractivity contribution in [1.29, 1.82) is 0 Å². The van der Waals surface area contributed by atoms with Crippen LogP contribution in [0.2, 0.25) is 0 Å². The number of carbonyl (C=O) groups is 1. The largest absolute Gasteiger partial charge is 0.496 e. The molecule has 0 saturated heterocycles. The lowest BCUT2D eigenvalue weighted by Gasteiger charge is -2.18. The Bertz CT molecular complexity index is 1030. The summed E-state index contributed by atoms with van der Waals surface area (Å²) in [6.45, 7) is 9.46. The molecule has 3 aromatic rings. The van der Waals surface area contributed by atoms with Crippen molar-refractivity contribution in [3.8, 4) is 11.4 Å². The second-order valence-electron chi connectivity index (χ2n) is 8.09. The molecule has 1 aromatic heterocycles. The average molecular weight is 421 g/mol. The highest BCUT2D eigenvalue weighted by Crippen LogP contribution is 2.25. The van der Waals surface area contributed by atoms with Gasteiger partial charge in [0, 0.05) is 19.5 Å². The number of hydrogen-bond acceptors (Lipinski definition) is 4. The lowest BCUT2D eigenvalue weighted by atomic mass is 10.1. The first-order valence-electron chi connectivity index (χ1n) is 10.5. The van der Waals surface area contributed by atoms with Gasteiger partial charge in [0.25, 0.3) is 0 Å². The molecule has 6 nitrogen and oxygen atoms in total. The van der Waals surface area contributed by atoms with E-state index in [0.29, 0.717) is 13.0 Å². The van der Waals surface area contributed by atoms with Crippen LogP contribution in [0.4, 0.5) is 5.69 Å². The van der Waals surface area contributed by atoms with E-state index in [2.05, 4.69) is 41.3 Å². The molecule has 1 N–H and O–H groups in total. The third-order valence-corrected chi connectivity index (χ3v) is 5.45. The predicted octanol–water partition coefficient (Wildman–Crippen LogP) is 4.58. The Morgan fingerprint density at radius 3 is 2.35 bits per heavy atom. The number of hydrogen-bond donors (Lipinski definition) is 1. The predicted molar refractivity (Wildman–Crippen MR) is 125 cm³/mol. The minimum atomic E-state index is -0.00671. The molecule has 0 atom stereocenters. The molecule has 0 spiro atoms. The molecule has 6 heteroatoms. The van der Waals surface area contributed by atoms with Crippen molar-refractivity contribution in [1.82, 2.24) is 14.7 Å². The molecule has 0 aliphatic rings. The van der Waals surface area contributed by atoms with Gasteiger partial charge in [-0.2, -0.15) is 5.10 Å². The Hall–Kier alpha value is -3.12. The van der Waals surface area contributed by atoms with Crippen LogP contribution in [-0.4, -0.2) is 41.3 Å². The lowest BCUT2D eigenvalue weighted by molar-refractivity contribution is -0.116. The number of anilines is 1. The third-order valence-electron chi connectivity index (χ3n) is 5.45. The van der Waals surface area contributed by atoms with Crippen molar-refractivity contribution in [2.75, 3.05) is 26.0 Å². The fourth-order valence-electron chi connectivity index (χ4n) is 3.98. The van der Waals surface area contributed by atoms with E-state index in [-0.39, 0.29) is 5.91 Å². The van der Waals surface area contributed by atoms with Crippen molar-refractivity contribution in [2.45, 2.75) is 40.7 Å². The number of para-hydroxylation sites is 1. The molecule has 2 aromatic carbocycles. The van der Waals surface area contributed by atoms with Crippen LogP contribution in [0.25, 0.3) is 5.69 Å². The summed E-state index contributed by atoms with van der Waals surface area (Å²) in [5.74, 6) is 0.931. The summed E-state index contributed by atoms with van der Waals surface area (Å²) in [4.78, 5) is 14.8. The summed E-state index contributed by atoms with van der Waals surface area (Å²) in [5.41, 5.74) is 6.98. The minimum Gasteiger partial charge on any atom is -0.496 e. The van der Waals surface area contributed by atoms with Gasteiger partial charge in [-0.15, -0.1) is 0 Å². The number of rotatable bonds is 8. The van der Waals surface area contributed by atoms with E-state index in [9.17, 15) is 4.79 Å². The summed E-state index contributed by atoms with van der Waals surface area (Å²) in [6.07, 6.45) is 0.417. The molecular formula is C25H32N4O2. The first kappa shape index (κ1) is 22.6. The number of nitrogens with one attached hydrogen (secondary N) is 1. The molecule has 0 radical (unpaired) electrons. The Labute approximate surface area is 184 Å². The number of aryl methyl sites for hydroxylation is 3. The topological polar surface area (TPSA) is 59.4 Å². The van der Waals surface area contributed by atoms with Gasteiger partial charge in [0.15, 0.2) is 0 Å². The monoisotopic (exact) mass is 420 g/mol. The van der Waals surface area contributed by atoms with E-state index in [4.69, 9.17) is 4.74 Å². The van der Waals surface area contributed by atoms with Gasteiger partial charge < -0.3 is 15.0 Å². The summed E-state index contributed by atoms with van der Waals surface area (Å²) in [5, 5.41) is 7.65. The van der Waals surface area contributed by atoms with E-state index < -0.39 is 0 Å². The smallest absolute Gasteiger partial charge is 0.225 e. The molecule has 31 heavy (non-hydrogen) atoms. The minimum absolute atomic E-state index is 0.00671. The van der Waals surface area contributed by atoms with E-state index in [1.807, 2.05) is 55.9 Å². The Morgan fingerprint density at radius 1 is 1.10 bits per heavy atom. The molecule has 0 bridgehead atoms. The highest BCUT2D eigenvalue weighted by molar-refractivity contribution is 5.92. The summed E-state index contributed by atoms with van der Waals surface area (Å²) in [7, 11) is 3.73. The van der Waals surface area contributed by atoms with Crippen molar-refractivity contribution in [3.05, 3.63) is 70.5 Å². The number of carbonyl (C=O) groups excluding carboxylic acids is 1. The van der Waals surface area contributed by atoms with Gasteiger partial charge in [-0.3, -0.25) is 4.79 Å². The maximum atomic E-state index is 12.6. The van der Waals surface area contributed by atoms with Gasteiger partial charge in [0.1, 0.15) is 5.75 Å². The number of nitrogens with zero attached hydrogens (tertiary/aromatic N) is 3. The highest BCUT2D eigenvalue weighted by atomic mass is 16.5. The van der Waals surface area contributed by atoms with E-state index in [0.717, 1.165) is 46.2 Å². The average Bonchev–Trinajstić information content (AvgIpc) is 3.01. The van der Waals surface area contributed by atoms with Gasteiger partial charge in [-0.1, -0.05) is 30.3 Å². The van der Waals surface area contributed by atoms with Gasteiger partial charge in [-0.25, -0.2) is 4.68 Å². The molecule has 3 rings (SSSR count). The zero-order chi connectivity index (χ0) is 22.5. The van der Waals surface area contributed by atoms with Crippen molar-refractivity contribution >= 4 is 11.6 Å². The number of methoxy groups -OCH3 is 1. The van der Waals surface area contributed by atoms with Crippen LogP contribution in [0.15, 0.2) is 42.5 Å². The number of ether oxygens (including phenoxy) is 1. The van der Waals surface area contributed by atoms with Crippen LogP contribution in [0.3, 0.4) is 0 Å². The summed E-state index contributed by atoms with van der Waals surface area (Å²) in [6, 6.07) is 14.2. The van der Waals surface area contributed by atoms with Crippen LogP contribution < -0.4 is 10.1 Å². The standard InChI is InChI=1S/C25H32N4O2/c1-17-14-21(15-18(2)25(17)31-6)16-28(5)13-12-23(30)26-24-19(3)27-29(20(24)4)22-10-8-7-9-11-22/h7-11,14-15H,12-13,16H2,1-6H3,(H,26,30). The van der Waals surface area contributed by atoms with Crippen LogP contribution >= 0.6 is 0 Å². The fourth-order valence-corrected chi connectivity index (χ4v) is 3.98. The van der Waals surface area contributed by atoms with Crippen LogP contribution in [0.1, 0.15) is 34.5 Å². The van der Waals surface area contributed by atoms with E-state index in [1.165, 1.54) is 5.56 Å². The summed E-state index contributed by atoms with van der Waals surface area (Å²) < 4.78 is 7.31. The van der Waals surface area contributed by atoms with Gasteiger partial charge in [0.2, 0.25) is 5.91 Å². The van der Waals surface area contributed by atoms with Crippen molar-refractivity contribution in [2.24, 2.45) is 0 Å².